The summed E-state index contributed by atoms with van der Waals surface area (Å²) in [6, 6.07) is 7.29. The van der Waals surface area contributed by atoms with Crippen LogP contribution in [0.4, 0.5) is 18.9 Å². The molecule has 1 heterocycles. The number of rotatable bonds is 5. The number of carbonyl (C=O) groups is 2. The van der Waals surface area contributed by atoms with E-state index in [9.17, 15) is 27.6 Å². The maximum absolute atomic E-state index is 13.1. The van der Waals surface area contributed by atoms with E-state index in [1.807, 2.05) is 0 Å². The van der Waals surface area contributed by atoms with Crippen molar-refractivity contribution in [1.82, 2.24) is 14.5 Å². The average molecular weight is 487 g/mol. The second kappa shape index (κ2) is 9.17. The predicted molar refractivity (Wildman–Crippen MR) is 114 cm³/mol. The van der Waals surface area contributed by atoms with Crippen LogP contribution in [0.3, 0.4) is 0 Å². The molecule has 0 saturated carbocycles. The summed E-state index contributed by atoms with van der Waals surface area (Å²) >= 11 is 11.9. The molecule has 1 N–H and O–H groups in total. The topological polar surface area (TPSA) is 84.3 Å². The number of nitrogens with one attached hydrogen (secondary N) is 1. The molecule has 0 atom stereocenters. The van der Waals surface area contributed by atoms with Crippen molar-refractivity contribution in [2.24, 2.45) is 0 Å². The summed E-state index contributed by atoms with van der Waals surface area (Å²) in [6.07, 6.45) is -3.52. The van der Waals surface area contributed by atoms with E-state index in [4.69, 9.17) is 23.2 Å². The zero-order valence-corrected chi connectivity index (χ0v) is 17.9. The molecule has 0 aliphatic carbocycles. The molecule has 0 aliphatic rings. The van der Waals surface area contributed by atoms with E-state index in [0.717, 1.165) is 27.9 Å². The molecule has 0 bridgehead atoms. The highest BCUT2D eigenvalue weighted by Gasteiger charge is 2.33. The molecular formula is C20H15Cl2F3N4O3. The minimum absolute atomic E-state index is 0.113. The highest BCUT2D eigenvalue weighted by atomic mass is 35.5. The van der Waals surface area contributed by atoms with Gasteiger partial charge in [-0.1, -0.05) is 35.3 Å². The molecule has 0 fully saturated rings. The lowest BCUT2D eigenvalue weighted by Gasteiger charge is -2.19. The van der Waals surface area contributed by atoms with E-state index in [0.29, 0.717) is 0 Å². The van der Waals surface area contributed by atoms with E-state index < -0.39 is 47.9 Å². The van der Waals surface area contributed by atoms with Crippen molar-refractivity contribution in [2.45, 2.75) is 12.7 Å². The molecule has 0 radical (unpaired) electrons. The second-order valence-electron chi connectivity index (χ2n) is 6.80. The SMILES string of the molecule is CN(CC(=O)Nc1ccccc1C(F)(F)F)C(=O)Cn1cnc2c(Cl)cc(Cl)cc2c1=O. The number of benzene rings is 2. The Balaban J connectivity index is 1.71. The first-order valence-corrected chi connectivity index (χ1v) is 9.77. The zero-order chi connectivity index (χ0) is 23.6. The number of fused-ring (bicyclic) bond motifs is 1. The fourth-order valence-corrected chi connectivity index (χ4v) is 3.45. The molecule has 0 spiro atoms. The molecular weight excluding hydrogens is 472 g/mol. The Morgan fingerprint density at radius 2 is 1.88 bits per heavy atom. The highest BCUT2D eigenvalue weighted by molar-refractivity contribution is 6.38. The van der Waals surface area contributed by atoms with Gasteiger partial charge >= 0.3 is 6.18 Å². The van der Waals surface area contributed by atoms with Crippen LogP contribution < -0.4 is 10.9 Å². The van der Waals surface area contributed by atoms with Crippen LogP contribution in [-0.2, 0) is 22.3 Å². The standard InChI is InChI=1S/C20H15Cl2F3N4O3/c1-28(8-16(30)27-15-5-3-2-4-13(15)20(23,24)25)17(31)9-29-10-26-18-12(19(29)32)6-11(21)7-14(18)22/h2-7,10H,8-9H2,1H3,(H,27,30). The zero-order valence-electron chi connectivity index (χ0n) is 16.4. The lowest BCUT2D eigenvalue weighted by atomic mass is 10.1. The molecule has 32 heavy (non-hydrogen) atoms. The van der Waals surface area contributed by atoms with Gasteiger partial charge in [0.2, 0.25) is 11.8 Å². The Morgan fingerprint density at radius 1 is 1.19 bits per heavy atom. The minimum Gasteiger partial charge on any atom is -0.335 e. The first-order valence-electron chi connectivity index (χ1n) is 9.01. The summed E-state index contributed by atoms with van der Waals surface area (Å²) in [6.45, 7) is -0.979. The number of likely N-dealkylation sites (N-methyl/N-ethyl adjacent to an activating group) is 1. The van der Waals surface area contributed by atoms with Crippen LogP contribution in [0.15, 0.2) is 47.5 Å². The normalized spacial score (nSPS) is 11.4. The van der Waals surface area contributed by atoms with Gasteiger partial charge in [-0.15, -0.1) is 0 Å². The van der Waals surface area contributed by atoms with Crippen LogP contribution in [0, 0.1) is 0 Å². The van der Waals surface area contributed by atoms with Gasteiger partial charge in [0, 0.05) is 12.1 Å². The summed E-state index contributed by atoms with van der Waals surface area (Å²) in [4.78, 5) is 42.3. The average Bonchev–Trinajstić information content (AvgIpc) is 2.69. The lowest BCUT2D eigenvalue weighted by molar-refractivity contribution is -0.137. The number of amides is 2. The first kappa shape index (κ1) is 23.6. The van der Waals surface area contributed by atoms with Gasteiger partial charge in [0.25, 0.3) is 5.56 Å². The van der Waals surface area contributed by atoms with Crippen molar-refractivity contribution >= 4 is 51.6 Å². The molecule has 1 aromatic heterocycles. The number of aromatic nitrogens is 2. The predicted octanol–water partition coefficient (Wildman–Crippen LogP) is 3.82. The van der Waals surface area contributed by atoms with Crippen molar-refractivity contribution in [1.29, 1.82) is 0 Å². The van der Waals surface area contributed by atoms with Gasteiger partial charge in [-0.3, -0.25) is 19.0 Å². The Hall–Kier alpha value is -3.11. The van der Waals surface area contributed by atoms with Crippen molar-refractivity contribution in [3.63, 3.8) is 0 Å². The smallest absolute Gasteiger partial charge is 0.335 e. The first-order chi connectivity index (χ1) is 15.0. The van der Waals surface area contributed by atoms with Gasteiger partial charge in [-0.2, -0.15) is 13.2 Å². The third-order valence-corrected chi connectivity index (χ3v) is 4.97. The maximum Gasteiger partial charge on any atom is 0.418 e. The summed E-state index contributed by atoms with van der Waals surface area (Å²) in [7, 11) is 1.28. The molecule has 7 nitrogen and oxygen atoms in total. The van der Waals surface area contributed by atoms with E-state index >= 15 is 0 Å². The highest BCUT2D eigenvalue weighted by Crippen LogP contribution is 2.34. The molecule has 12 heteroatoms. The summed E-state index contributed by atoms with van der Waals surface area (Å²) in [5.41, 5.74) is -1.77. The molecule has 2 aromatic carbocycles. The van der Waals surface area contributed by atoms with Gasteiger partial charge in [0.05, 0.1) is 40.0 Å². The summed E-state index contributed by atoms with van der Waals surface area (Å²) in [5.74, 6) is -1.47. The summed E-state index contributed by atoms with van der Waals surface area (Å²) in [5, 5.41) is 2.66. The quantitative estimate of drug-likeness (QED) is 0.594. The molecule has 3 rings (SSSR count). The number of nitrogens with zero attached hydrogens (tertiary/aromatic N) is 3. The van der Waals surface area contributed by atoms with Gasteiger partial charge in [0.1, 0.15) is 6.54 Å². The molecule has 0 saturated heterocycles. The van der Waals surface area contributed by atoms with Crippen molar-refractivity contribution in [3.05, 3.63) is 68.7 Å². The van der Waals surface area contributed by atoms with Gasteiger partial charge in [-0.25, -0.2) is 4.98 Å². The van der Waals surface area contributed by atoms with Gasteiger partial charge in [-0.05, 0) is 24.3 Å². The van der Waals surface area contributed by atoms with Crippen LogP contribution in [0.1, 0.15) is 5.56 Å². The number of para-hydroxylation sites is 1. The van der Waals surface area contributed by atoms with Crippen LogP contribution in [0.25, 0.3) is 10.9 Å². The van der Waals surface area contributed by atoms with Crippen molar-refractivity contribution < 1.29 is 22.8 Å². The molecule has 2 amide bonds. The summed E-state index contributed by atoms with van der Waals surface area (Å²) < 4.78 is 40.2. The number of alkyl halides is 3. The molecule has 0 unspecified atom stereocenters. The molecule has 3 aromatic rings. The van der Waals surface area contributed by atoms with E-state index in [1.165, 1.54) is 31.3 Å². The Labute approximate surface area is 189 Å². The van der Waals surface area contributed by atoms with Crippen molar-refractivity contribution in [2.75, 3.05) is 18.9 Å². The van der Waals surface area contributed by atoms with E-state index in [2.05, 4.69) is 10.3 Å². The van der Waals surface area contributed by atoms with Crippen LogP contribution in [0.2, 0.25) is 10.0 Å². The number of hydrogen-bond acceptors (Lipinski definition) is 4. The fourth-order valence-electron chi connectivity index (χ4n) is 2.91. The van der Waals surface area contributed by atoms with Gasteiger partial charge < -0.3 is 10.2 Å². The number of carbonyl (C=O) groups excluding carboxylic acids is 2. The maximum atomic E-state index is 13.1. The Morgan fingerprint density at radius 3 is 2.56 bits per heavy atom. The second-order valence-corrected chi connectivity index (χ2v) is 7.65. The number of hydrogen-bond donors (Lipinski definition) is 1. The Kier molecular flexibility index (Phi) is 6.75. The molecule has 168 valence electrons. The van der Waals surface area contributed by atoms with Crippen molar-refractivity contribution in [3.8, 4) is 0 Å². The third-order valence-electron chi connectivity index (χ3n) is 4.46. The largest absolute Gasteiger partial charge is 0.418 e. The Bertz CT molecular complexity index is 1260. The number of halogens is 5. The lowest BCUT2D eigenvalue weighted by Crippen LogP contribution is -2.38. The minimum atomic E-state index is -4.65. The molecule has 0 aliphatic heterocycles. The monoisotopic (exact) mass is 486 g/mol. The van der Waals surface area contributed by atoms with Gasteiger partial charge in [0.15, 0.2) is 0 Å². The van der Waals surface area contributed by atoms with E-state index in [-0.39, 0.29) is 20.9 Å². The number of anilines is 1. The third kappa shape index (κ3) is 5.20. The van der Waals surface area contributed by atoms with Crippen LogP contribution in [0.5, 0.6) is 0 Å². The fraction of sp³-hybridized carbons (Fsp3) is 0.200. The van der Waals surface area contributed by atoms with E-state index in [1.54, 1.807) is 0 Å². The van der Waals surface area contributed by atoms with Crippen LogP contribution in [-0.4, -0.2) is 39.9 Å². The van der Waals surface area contributed by atoms with Crippen LogP contribution >= 0.6 is 23.2 Å².